The van der Waals surface area contributed by atoms with Crippen molar-refractivity contribution in [1.29, 1.82) is 0 Å². The Labute approximate surface area is 850 Å². The summed E-state index contributed by atoms with van der Waals surface area (Å²) in [5.41, 5.74) is 30.2. The lowest BCUT2D eigenvalue weighted by molar-refractivity contribution is 0.669. The van der Waals surface area contributed by atoms with Crippen molar-refractivity contribution in [2.75, 3.05) is 0 Å². The van der Waals surface area contributed by atoms with E-state index in [9.17, 15) is 0 Å². The number of thiazole rings is 1. The van der Waals surface area contributed by atoms with E-state index in [1.165, 1.54) is 91.7 Å². The summed E-state index contributed by atoms with van der Waals surface area (Å²) in [6.45, 7) is 0. The van der Waals surface area contributed by atoms with Crippen molar-refractivity contribution in [1.82, 2.24) is 48.2 Å². The predicted molar refractivity (Wildman–Crippen MR) is 611 cm³/mol. The highest BCUT2D eigenvalue weighted by Crippen LogP contribution is 2.49. The van der Waals surface area contributed by atoms with Crippen LogP contribution in [-0.4, -0.2) is 48.2 Å². The summed E-state index contributed by atoms with van der Waals surface area (Å²) in [4.78, 5) is 29.4. The molecule has 0 aliphatic heterocycles. The highest BCUT2D eigenvalue weighted by atomic mass is 32.1. The molecule has 0 N–H and O–H groups in total. The molecule has 148 heavy (non-hydrogen) atoms. The number of para-hydroxylation sites is 9. The van der Waals surface area contributed by atoms with Gasteiger partial charge in [0.2, 0.25) is 5.95 Å². The number of benzene rings is 20. The Bertz CT molecular complexity index is 10800. The summed E-state index contributed by atoms with van der Waals surface area (Å²) in [7, 11) is 0. The van der Waals surface area contributed by atoms with Gasteiger partial charge in [0, 0.05) is 138 Å². The van der Waals surface area contributed by atoms with Gasteiger partial charge in [0.05, 0.1) is 65.7 Å². The number of furan rings is 4. The van der Waals surface area contributed by atoms with E-state index in [1.54, 1.807) is 11.3 Å². The van der Waals surface area contributed by atoms with Crippen LogP contribution >= 0.6 is 11.3 Å². The highest BCUT2D eigenvalue weighted by molar-refractivity contribution is 7.20. The van der Waals surface area contributed by atoms with Crippen LogP contribution in [0, 0.1) is 0 Å². The summed E-state index contributed by atoms with van der Waals surface area (Å²) in [5.74, 6) is 1.81. The van der Waals surface area contributed by atoms with Gasteiger partial charge in [-0.2, -0.15) is 9.97 Å². The van der Waals surface area contributed by atoms with Gasteiger partial charge in [-0.05, 0) is 179 Å². The van der Waals surface area contributed by atoms with Gasteiger partial charge in [-0.1, -0.05) is 340 Å². The highest BCUT2D eigenvalue weighted by Gasteiger charge is 2.27. The van der Waals surface area contributed by atoms with Crippen LogP contribution in [-0.2, 0) is 0 Å². The number of fused-ring (bicyclic) bond motifs is 30. The molecule has 12 aromatic heterocycles. The lowest BCUT2D eigenvalue weighted by Crippen LogP contribution is -2.06. The molecule has 696 valence electrons. The minimum atomic E-state index is 0. The summed E-state index contributed by atoms with van der Waals surface area (Å²) in [6, 6.07) is 164. The van der Waals surface area contributed by atoms with Crippen molar-refractivity contribution >= 4 is 207 Å². The van der Waals surface area contributed by atoms with E-state index in [0.717, 1.165) is 177 Å². The van der Waals surface area contributed by atoms with Gasteiger partial charge in [0.15, 0.2) is 16.8 Å². The van der Waals surface area contributed by atoms with Gasteiger partial charge >= 0.3 is 0 Å². The third-order valence-electron chi connectivity index (χ3n) is 28.6. The number of pyridine rings is 2. The van der Waals surface area contributed by atoms with Crippen LogP contribution in [0.5, 0.6) is 0 Å². The molecular formula is C133H84N10O4S. The first-order valence-electron chi connectivity index (χ1n) is 49.2. The topological polar surface area (TPSA) is 150 Å². The minimum absolute atomic E-state index is 0. The van der Waals surface area contributed by atoms with Crippen LogP contribution in [0.3, 0.4) is 0 Å². The molecule has 0 saturated carbocycles. The Morgan fingerprint density at radius 1 is 0.203 bits per heavy atom. The Balaban J connectivity index is 0.0000000965. The summed E-state index contributed by atoms with van der Waals surface area (Å²) in [6.07, 6.45) is 3.76. The molecule has 12 heterocycles. The van der Waals surface area contributed by atoms with Crippen molar-refractivity contribution in [3.63, 3.8) is 0 Å². The zero-order chi connectivity index (χ0) is 96.7. The zero-order valence-electron chi connectivity index (χ0n) is 78.7. The van der Waals surface area contributed by atoms with Crippen molar-refractivity contribution in [3.8, 4) is 90.0 Å². The Morgan fingerprint density at radius 3 is 1.00 bits per heavy atom. The number of hydrogen-bond acceptors (Lipinski definition) is 11. The first-order chi connectivity index (χ1) is 72.9. The molecule has 0 radical (unpaired) electrons. The van der Waals surface area contributed by atoms with Crippen LogP contribution in [0.15, 0.2) is 503 Å². The SMILES string of the molecule is C.c1ccc(-c2cc(-c3ccc(-n4c5ccccc5c5c6c(ccc54)oc4ccccc46)cc3)cc(-c3ccccc3)n2)cc1.c1ccc(-c2ccc(-c3nc(-c4ccccc4)nc(-n4c5ccccc5c5c6c(ccc54)oc4ccccc46)n3)cc2)cc1.c1ccc2c(c1)oc1ccc3c(c4ccccc4n3-c3ccc4cnccc4c3)c12.c1ccc2sc(-n3c4ccccc4c4c5c(ccc43)oc3ccccc35)nc2c1. The normalized spacial score (nSPS) is 11.7. The van der Waals surface area contributed by atoms with E-state index in [4.69, 9.17) is 42.6 Å². The lowest BCUT2D eigenvalue weighted by Gasteiger charge is -2.12. The van der Waals surface area contributed by atoms with E-state index in [2.05, 4.69) is 393 Å². The van der Waals surface area contributed by atoms with Crippen LogP contribution in [0.25, 0.3) is 286 Å². The van der Waals surface area contributed by atoms with Crippen molar-refractivity contribution in [2.24, 2.45) is 0 Å². The molecule has 0 atom stereocenters. The second-order valence-electron chi connectivity index (χ2n) is 37.0. The Morgan fingerprint density at radius 2 is 0.541 bits per heavy atom. The van der Waals surface area contributed by atoms with Gasteiger partial charge in [-0.3, -0.25) is 14.1 Å². The standard InChI is InChI=1S/C41H26N2O.C39H24N4O.C27H16N2O.C25H14N2OS.CH4/c1-3-11-28(12-4-1)34-25-30(26-35(42-34)29-13-5-2-6-14-29)27-19-21-31(22-20-27)43-36-17-9-7-15-32(36)40-37(43)23-24-39-41(40)33-16-8-10-18-38(33)44-39;1-3-11-25(12-4-1)26-19-21-28(22-20-26)38-40-37(27-13-5-2-6-14-27)41-39(42-38)43-31-17-9-7-15-29(31)35-32(43)23-24-34-36(35)30-16-8-10-18-33(30)44-34;1-3-7-22-20(5-1)26-23(11-12-25-27(26)21-6-2-4-8-24(21)30-25)29(22)19-10-9-18-16-28-14-13-17(18)15-19;1-4-10-18-15(7-1)23-19(27(18)25-26-17-9-3-6-12-22(17)29-25)13-14-21-24(23)16-8-2-5-11-20(16)28-21;/h1-26H;1-24H;1-16H;1-14H;1H4. The van der Waals surface area contributed by atoms with Gasteiger partial charge in [0.25, 0.3) is 0 Å². The maximum absolute atomic E-state index is 6.27. The van der Waals surface area contributed by atoms with Crippen molar-refractivity contribution in [2.45, 2.75) is 7.43 Å². The predicted octanol–water partition coefficient (Wildman–Crippen LogP) is 36.1. The summed E-state index contributed by atoms with van der Waals surface area (Å²) < 4.78 is 35.2. The van der Waals surface area contributed by atoms with Crippen molar-refractivity contribution in [3.05, 3.63) is 486 Å². The molecule has 32 rings (SSSR count). The molecule has 20 aromatic carbocycles. The maximum atomic E-state index is 6.27. The second kappa shape index (κ2) is 35.4. The first kappa shape index (κ1) is 86.2. The van der Waals surface area contributed by atoms with E-state index in [0.29, 0.717) is 17.6 Å². The first-order valence-corrected chi connectivity index (χ1v) is 50.0. The molecule has 14 nitrogen and oxygen atoms in total. The molecule has 0 bridgehead atoms. The maximum Gasteiger partial charge on any atom is 0.238 e. The van der Waals surface area contributed by atoms with Gasteiger partial charge in [0.1, 0.15) is 44.7 Å². The molecule has 32 aromatic rings. The molecule has 0 aliphatic carbocycles. The number of hydrogen-bond donors (Lipinski definition) is 0. The lowest BCUT2D eigenvalue weighted by atomic mass is 10.00. The molecule has 15 heteroatoms. The molecule has 0 saturated heterocycles. The fourth-order valence-electron chi connectivity index (χ4n) is 22.0. The minimum Gasteiger partial charge on any atom is -0.456 e. The second-order valence-corrected chi connectivity index (χ2v) is 38.0. The van der Waals surface area contributed by atoms with Gasteiger partial charge in [-0.15, -0.1) is 0 Å². The number of rotatable bonds is 10. The van der Waals surface area contributed by atoms with Crippen LogP contribution in [0.2, 0.25) is 0 Å². The summed E-state index contributed by atoms with van der Waals surface area (Å²) in [5, 5.41) is 22.1. The van der Waals surface area contributed by atoms with E-state index < -0.39 is 0 Å². The molecule has 0 unspecified atom stereocenters. The van der Waals surface area contributed by atoms with Crippen LogP contribution in [0.4, 0.5) is 0 Å². The molecule has 0 spiro atoms. The van der Waals surface area contributed by atoms with Crippen LogP contribution < -0.4 is 0 Å². The van der Waals surface area contributed by atoms with Crippen molar-refractivity contribution < 1.29 is 17.7 Å². The average molecular weight is 1920 g/mol. The fraction of sp³-hybridized carbons (Fsp3) is 0.00752. The summed E-state index contributed by atoms with van der Waals surface area (Å²) >= 11 is 1.72. The quantitative estimate of drug-likeness (QED) is 0.129. The fourth-order valence-corrected chi connectivity index (χ4v) is 23.0. The Hall–Kier alpha value is -19.7. The molecule has 0 fully saturated rings. The van der Waals surface area contributed by atoms with Crippen LogP contribution in [0.1, 0.15) is 7.43 Å². The Kier molecular flexibility index (Phi) is 20.6. The third kappa shape index (κ3) is 14.4. The average Bonchev–Trinajstić information content (AvgIpc) is 1.57. The third-order valence-corrected chi connectivity index (χ3v) is 29.6. The number of aromatic nitrogens is 10. The van der Waals surface area contributed by atoms with Gasteiger partial charge < -0.3 is 26.8 Å². The number of nitrogens with zero attached hydrogens (tertiary/aromatic N) is 10. The van der Waals surface area contributed by atoms with Gasteiger partial charge in [-0.25, -0.2) is 15.0 Å². The largest absolute Gasteiger partial charge is 0.456 e. The molecule has 0 aliphatic rings. The molecular weight excluding hydrogens is 1830 g/mol. The monoisotopic (exact) mass is 1920 g/mol. The van der Waals surface area contributed by atoms with E-state index in [1.807, 2.05) is 116 Å². The molecule has 0 amide bonds. The van der Waals surface area contributed by atoms with E-state index in [-0.39, 0.29) is 7.43 Å². The zero-order valence-corrected chi connectivity index (χ0v) is 79.5. The van der Waals surface area contributed by atoms with E-state index >= 15 is 0 Å². The smallest absolute Gasteiger partial charge is 0.238 e.